The van der Waals surface area contributed by atoms with Crippen LogP contribution in [0.3, 0.4) is 0 Å². The number of anilines is 1. The van der Waals surface area contributed by atoms with E-state index >= 15 is 0 Å². The summed E-state index contributed by atoms with van der Waals surface area (Å²) in [5.41, 5.74) is 7.31. The van der Waals surface area contributed by atoms with E-state index in [0.29, 0.717) is 6.04 Å². The number of rotatable bonds is 3. The van der Waals surface area contributed by atoms with Gasteiger partial charge in [0.2, 0.25) is 0 Å². The molecule has 1 aliphatic rings. The molecule has 18 heavy (non-hydrogen) atoms. The highest BCUT2D eigenvalue weighted by atomic mass is 79.9. The highest BCUT2D eigenvalue weighted by Crippen LogP contribution is 2.31. The van der Waals surface area contributed by atoms with E-state index in [4.69, 9.17) is 15.9 Å². The third-order valence-electron chi connectivity index (χ3n) is 3.47. The second-order valence-corrected chi connectivity index (χ2v) is 5.48. The first-order chi connectivity index (χ1) is 8.50. The number of ether oxygens (including phenoxy) is 1. The fraction of sp³-hybridized carbons (Fsp3) is 0.462. The summed E-state index contributed by atoms with van der Waals surface area (Å²) in [6.07, 6.45) is 1.29. The van der Waals surface area contributed by atoms with Gasteiger partial charge in [-0.15, -0.1) is 0 Å². The van der Waals surface area contributed by atoms with Crippen molar-refractivity contribution < 1.29 is 4.74 Å². The van der Waals surface area contributed by atoms with Crippen molar-refractivity contribution in [2.24, 2.45) is 5.73 Å². The highest BCUT2D eigenvalue weighted by Gasteiger charge is 2.28. The maximum Gasteiger partial charge on any atom is 0.122 e. The standard InChI is InChI=1S/C13H18BrN3O/c1-8-11(5-6-18-8)17(2)12-4-3-9(13(15)16)7-10(12)14/h3-4,7-8,11H,5-6H2,1-2H3,(H3,15,16). The van der Waals surface area contributed by atoms with Gasteiger partial charge in [0.25, 0.3) is 0 Å². The Morgan fingerprint density at radius 2 is 2.28 bits per heavy atom. The van der Waals surface area contributed by atoms with Gasteiger partial charge in [-0.25, -0.2) is 0 Å². The van der Waals surface area contributed by atoms with Crippen LogP contribution in [0, 0.1) is 5.41 Å². The predicted molar refractivity (Wildman–Crippen MR) is 77.4 cm³/mol. The molecule has 0 amide bonds. The predicted octanol–water partition coefficient (Wildman–Crippen LogP) is 2.35. The zero-order valence-electron chi connectivity index (χ0n) is 10.6. The van der Waals surface area contributed by atoms with E-state index in [1.165, 1.54) is 0 Å². The second-order valence-electron chi connectivity index (χ2n) is 4.62. The first-order valence-electron chi connectivity index (χ1n) is 5.99. The summed E-state index contributed by atoms with van der Waals surface area (Å²) in [5.74, 6) is 0.0856. The summed E-state index contributed by atoms with van der Waals surface area (Å²) >= 11 is 3.55. The zero-order chi connectivity index (χ0) is 13.3. The van der Waals surface area contributed by atoms with Gasteiger partial charge in [0.05, 0.1) is 17.8 Å². The number of likely N-dealkylation sites (N-methyl/N-ethyl adjacent to an activating group) is 1. The monoisotopic (exact) mass is 311 g/mol. The summed E-state index contributed by atoms with van der Waals surface area (Å²) in [7, 11) is 2.07. The van der Waals surface area contributed by atoms with Crippen LogP contribution in [-0.4, -0.2) is 31.6 Å². The Morgan fingerprint density at radius 1 is 1.56 bits per heavy atom. The Bertz CT molecular complexity index is 464. The number of benzene rings is 1. The minimum atomic E-state index is 0.0856. The summed E-state index contributed by atoms with van der Waals surface area (Å²) in [6, 6.07) is 6.14. The number of nitrogens with two attached hydrogens (primary N) is 1. The molecular weight excluding hydrogens is 294 g/mol. The van der Waals surface area contributed by atoms with E-state index in [0.717, 1.165) is 28.8 Å². The molecule has 1 aromatic carbocycles. The number of halogens is 1. The van der Waals surface area contributed by atoms with Crippen LogP contribution in [0.1, 0.15) is 18.9 Å². The van der Waals surface area contributed by atoms with Crippen molar-refractivity contribution in [3.05, 3.63) is 28.2 Å². The maximum absolute atomic E-state index is 7.43. The lowest BCUT2D eigenvalue weighted by Crippen LogP contribution is -2.37. The van der Waals surface area contributed by atoms with Crippen molar-refractivity contribution in [3.8, 4) is 0 Å². The van der Waals surface area contributed by atoms with Crippen LogP contribution in [0.15, 0.2) is 22.7 Å². The molecule has 1 heterocycles. The molecule has 1 fully saturated rings. The smallest absolute Gasteiger partial charge is 0.122 e. The largest absolute Gasteiger partial charge is 0.384 e. The zero-order valence-corrected chi connectivity index (χ0v) is 12.2. The lowest BCUT2D eigenvalue weighted by atomic mass is 10.1. The summed E-state index contributed by atoms with van der Waals surface area (Å²) < 4.78 is 6.55. The topological polar surface area (TPSA) is 62.3 Å². The van der Waals surface area contributed by atoms with E-state index < -0.39 is 0 Å². The molecule has 3 N–H and O–H groups in total. The van der Waals surface area contributed by atoms with Gasteiger partial charge in [0.1, 0.15) is 5.84 Å². The molecule has 4 nitrogen and oxygen atoms in total. The first kappa shape index (κ1) is 13.4. The van der Waals surface area contributed by atoms with E-state index in [-0.39, 0.29) is 11.9 Å². The summed E-state index contributed by atoms with van der Waals surface area (Å²) in [6.45, 7) is 2.92. The number of nitrogens with zero attached hydrogens (tertiary/aromatic N) is 1. The molecule has 1 aromatic rings. The molecule has 0 radical (unpaired) electrons. The van der Waals surface area contributed by atoms with E-state index in [1.807, 2.05) is 18.2 Å². The molecule has 1 aliphatic heterocycles. The fourth-order valence-corrected chi connectivity index (χ4v) is 3.03. The molecule has 1 saturated heterocycles. The number of hydrogen-bond donors (Lipinski definition) is 2. The molecule has 0 aromatic heterocycles. The quantitative estimate of drug-likeness (QED) is 0.665. The minimum absolute atomic E-state index is 0.0856. The molecule has 0 aliphatic carbocycles. The van der Waals surface area contributed by atoms with Crippen LogP contribution < -0.4 is 10.6 Å². The Hall–Kier alpha value is -1.07. The van der Waals surface area contributed by atoms with E-state index in [1.54, 1.807) is 0 Å². The SMILES string of the molecule is CC1OCCC1N(C)c1ccc(C(=N)N)cc1Br. The molecule has 5 heteroatoms. The van der Waals surface area contributed by atoms with Crippen LogP contribution >= 0.6 is 15.9 Å². The molecule has 0 saturated carbocycles. The normalized spacial score (nSPS) is 23.1. The molecule has 2 atom stereocenters. The molecule has 2 rings (SSSR count). The molecule has 98 valence electrons. The number of nitrogen functional groups attached to an aromatic ring is 1. The van der Waals surface area contributed by atoms with Crippen molar-refractivity contribution in [1.29, 1.82) is 5.41 Å². The lowest BCUT2D eigenvalue weighted by Gasteiger charge is -2.29. The summed E-state index contributed by atoms with van der Waals surface area (Å²) in [4.78, 5) is 2.23. The summed E-state index contributed by atoms with van der Waals surface area (Å²) in [5, 5.41) is 7.43. The van der Waals surface area contributed by atoms with Crippen molar-refractivity contribution in [1.82, 2.24) is 0 Å². The van der Waals surface area contributed by atoms with Gasteiger partial charge in [-0.1, -0.05) is 0 Å². The van der Waals surface area contributed by atoms with Crippen molar-refractivity contribution in [2.45, 2.75) is 25.5 Å². The van der Waals surface area contributed by atoms with Gasteiger partial charge in [-0.3, -0.25) is 5.41 Å². The number of amidine groups is 1. The highest BCUT2D eigenvalue weighted by molar-refractivity contribution is 9.10. The van der Waals surface area contributed by atoms with E-state index in [9.17, 15) is 0 Å². The second kappa shape index (κ2) is 5.28. The van der Waals surface area contributed by atoms with Crippen LogP contribution in [0.5, 0.6) is 0 Å². The molecule has 2 unspecified atom stereocenters. The Labute approximate surface area is 116 Å². The van der Waals surface area contributed by atoms with Crippen molar-refractivity contribution >= 4 is 27.5 Å². The van der Waals surface area contributed by atoms with Gasteiger partial charge in [0, 0.05) is 23.7 Å². The van der Waals surface area contributed by atoms with Crippen LogP contribution in [0.4, 0.5) is 5.69 Å². The average molecular weight is 312 g/mol. The average Bonchev–Trinajstić information content (AvgIpc) is 2.74. The van der Waals surface area contributed by atoms with Gasteiger partial charge >= 0.3 is 0 Å². The van der Waals surface area contributed by atoms with Gasteiger partial charge < -0.3 is 15.4 Å². The van der Waals surface area contributed by atoms with Crippen LogP contribution in [0.2, 0.25) is 0 Å². The van der Waals surface area contributed by atoms with Crippen LogP contribution in [-0.2, 0) is 4.74 Å². The first-order valence-corrected chi connectivity index (χ1v) is 6.78. The van der Waals surface area contributed by atoms with Crippen molar-refractivity contribution in [3.63, 3.8) is 0 Å². The van der Waals surface area contributed by atoms with E-state index in [2.05, 4.69) is 34.8 Å². The molecule has 0 bridgehead atoms. The van der Waals surface area contributed by atoms with Crippen molar-refractivity contribution in [2.75, 3.05) is 18.6 Å². The number of hydrogen-bond acceptors (Lipinski definition) is 3. The van der Waals surface area contributed by atoms with Gasteiger partial charge in [-0.2, -0.15) is 0 Å². The molecular formula is C13H18BrN3O. The van der Waals surface area contributed by atoms with Gasteiger partial charge in [-0.05, 0) is 47.5 Å². The Balaban J connectivity index is 2.25. The molecule has 0 spiro atoms. The minimum Gasteiger partial charge on any atom is -0.384 e. The fourth-order valence-electron chi connectivity index (χ4n) is 2.37. The third kappa shape index (κ3) is 2.52. The lowest BCUT2D eigenvalue weighted by molar-refractivity contribution is 0.118. The van der Waals surface area contributed by atoms with Crippen LogP contribution in [0.25, 0.3) is 0 Å². The Kier molecular flexibility index (Phi) is 3.92. The maximum atomic E-state index is 7.43. The Morgan fingerprint density at radius 3 is 2.78 bits per heavy atom. The number of nitrogens with one attached hydrogen (secondary N) is 1. The van der Waals surface area contributed by atoms with Gasteiger partial charge in [0.15, 0.2) is 0 Å². The third-order valence-corrected chi connectivity index (χ3v) is 4.11.